The number of carbonyl (C=O) groups is 1. The van der Waals surface area contributed by atoms with Crippen molar-refractivity contribution in [2.24, 2.45) is 0 Å². The largest absolute Gasteiger partial charge is 0.342 e. The smallest absolute Gasteiger partial charge is 0.235 e. The number of aromatic nitrogens is 2. The molecule has 1 heterocycles. The second-order valence-corrected chi connectivity index (χ2v) is 8.75. The molecule has 1 amide bonds. The quantitative estimate of drug-likeness (QED) is 0.749. The van der Waals surface area contributed by atoms with Gasteiger partial charge in [-0.2, -0.15) is 0 Å². The van der Waals surface area contributed by atoms with Gasteiger partial charge in [0.05, 0.1) is 5.25 Å². The van der Waals surface area contributed by atoms with Crippen LogP contribution in [0.25, 0.3) is 0 Å². The second-order valence-electron chi connectivity index (χ2n) is 6.33. The van der Waals surface area contributed by atoms with Crippen LogP contribution in [0.4, 0.5) is 0 Å². The number of amides is 1. The highest BCUT2D eigenvalue weighted by atomic mass is 32.2. The molecular weight excluding hydrogens is 338 g/mol. The fraction of sp³-hybridized carbons (Fsp3) is 0.500. The zero-order chi connectivity index (χ0) is 16.9. The van der Waals surface area contributed by atoms with Gasteiger partial charge in [0, 0.05) is 13.1 Å². The van der Waals surface area contributed by atoms with Crippen molar-refractivity contribution in [1.82, 2.24) is 15.1 Å². The summed E-state index contributed by atoms with van der Waals surface area (Å²) < 4.78 is 0.858. The van der Waals surface area contributed by atoms with Gasteiger partial charge in [0.15, 0.2) is 4.34 Å². The summed E-state index contributed by atoms with van der Waals surface area (Å²) in [7, 11) is 1.95. The molecule has 0 N–H and O–H groups in total. The number of benzene rings is 1. The van der Waals surface area contributed by atoms with Crippen LogP contribution in [0.3, 0.4) is 0 Å². The molecule has 1 saturated carbocycles. The summed E-state index contributed by atoms with van der Waals surface area (Å²) in [5.41, 5.74) is 3.14. The molecule has 1 aliphatic rings. The maximum Gasteiger partial charge on any atom is 0.235 e. The van der Waals surface area contributed by atoms with E-state index in [2.05, 4.69) is 40.5 Å². The van der Waals surface area contributed by atoms with E-state index in [1.54, 1.807) is 5.51 Å². The van der Waals surface area contributed by atoms with Gasteiger partial charge in [-0.3, -0.25) is 4.79 Å². The molecular formula is C18H23N3OS2. The summed E-state index contributed by atoms with van der Waals surface area (Å²) >= 11 is 2.99. The Morgan fingerprint density at radius 3 is 2.58 bits per heavy atom. The first-order valence-electron chi connectivity index (χ1n) is 8.39. The highest BCUT2D eigenvalue weighted by Gasteiger charge is 2.29. The topological polar surface area (TPSA) is 46.1 Å². The van der Waals surface area contributed by atoms with E-state index < -0.39 is 0 Å². The van der Waals surface area contributed by atoms with Crippen LogP contribution < -0.4 is 0 Å². The van der Waals surface area contributed by atoms with Gasteiger partial charge in [-0.15, -0.1) is 10.2 Å². The molecule has 128 valence electrons. The van der Waals surface area contributed by atoms with Crippen LogP contribution in [-0.2, 0) is 4.79 Å². The van der Waals surface area contributed by atoms with Crippen LogP contribution in [0, 0.1) is 0 Å². The van der Waals surface area contributed by atoms with Crippen molar-refractivity contribution < 1.29 is 4.79 Å². The first-order valence-corrected chi connectivity index (χ1v) is 10.2. The molecule has 4 nitrogen and oxygen atoms in total. The number of thioether (sulfide) groups is 1. The molecule has 0 saturated heterocycles. The Morgan fingerprint density at radius 2 is 1.96 bits per heavy atom. The predicted molar refractivity (Wildman–Crippen MR) is 99.4 cm³/mol. The molecule has 1 aromatic heterocycles. The first-order chi connectivity index (χ1) is 11.6. The van der Waals surface area contributed by atoms with Crippen molar-refractivity contribution in [2.45, 2.75) is 54.2 Å². The fourth-order valence-corrected chi connectivity index (χ4v) is 5.13. The van der Waals surface area contributed by atoms with Gasteiger partial charge >= 0.3 is 0 Å². The van der Waals surface area contributed by atoms with Crippen molar-refractivity contribution in [1.29, 1.82) is 0 Å². The van der Waals surface area contributed by atoms with Crippen LogP contribution in [0.1, 0.15) is 44.1 Å². The van der Waals surface area contributed by atoms with E-state index in [0.717, 1.165) is 30.0 Å². The lowest BCUT2D eigenvalue weighted by molar-refractivity contribution is -0.131. The van der Waals surface area contributed by atoms with Crippen molar-refractivity contribution >= 4 is 29.0 Å². The molecule has 0 aliphatic heterocycles. The van der Waals surface area contributed by atoms with Crippen LogP contribution in [0.2, 0.25) is 0 Å². The van der Waals surface area contributed by atoms with E-state index >= 15 is 0 Å². The van der Waals surface area contributed by atoms with Crippen molar-refractivity contribution in [3.63, 3.8) is 0 Å². The number of hydrogen-bond acceptors (Lipinski definition) is 5. The Balaban J connectivity index is 1.52. The Morgan fingerprint density at radius 1 is 1.25 bits per heavy atom. The Kier molecular flexibility index (Phi) is 5.89. The maximum atomic E-state index is 12.7. The van der Waals surface area contributed by atoms with Crippen molar-refractivity contribution in [2.75, 3.05) is 7.05 Å². The third-order valence-corrected chi connectivity index (χ3v) is 6.73. The normalized spacial score (nSPS) is 22.1. The minimum Gasteiger partial charge on any atom is -0.342 e. The van der Waals surface area contributed by atoms with Gasteiger partial charge in [0.1, 0.15) is 5.51 Å². The number of hydrogen-bond donors (Lipinski definition) is 0. The molecule has 0 spiro atoms. The van der Waals surface area contributed by atoms with Crippen LogP contribution in [-0.4, -0.2) is 39.3 Å². The molecule has 1 aromatic carbocycles. The molecule has 0 bridgehead atoms. The third-order valence-electron chi connectivity index (χ3n) is 4.83. The molecule has 1 fully saturated rings. The lowest BCUT2D eigenvalue weighted by Crippen LogP contribution is -2.42. The zero-order valence-corrected chi connectivity index (χ0v) is 15.7. The summed E-state index contributed by atoms with van der Waals surface area (Å²) in [6, 6.07) is 11.1. The molecule has 24 heavy (non-hydrogen) atoms. The van der Waals surface area contributed by atoms with E-state index in [-0.39, 0.29) is 11.2 Å². The molecule has 2 aromatic rings. The van der Waals surface area contributed by atoms with E-state index in [9.17, 15) is 4.79 Å². The van der Waals surface area contributed by atoms with E-state index in [1.165, 1.54) is 28.7 Å². The highest BCUT2D eigenvalue weighted by Crippen LogP contribution is 2.35. The minimum absolute atomic E-state index is 0.116. The Hall–Kier alpha value is -1.40. The molecule has 0 radical (unpaired) electrons. The van der Waals surface area contributed by atoms with Crippen molar-refractivity contribution in [3.8, 4) is 0 Å². The van der Waals surface area contributed by atoms with Crippen LogP contribution >= 0.6 is 23.1 Å². The van der Waals surface area contributed by atoms with E-state index in [4.69, 9.17) is 0 Å². The lowest BCUT2D eigenvalue weighted by atomic mass is 9.81. The summed E-state index contributed by atoms with van der Waals surface area (Å²) in [6.07, 6.45) is 4.48. The number of carbonyl (C=O) groups excluding carboxylic acids is 1. The van der Waals surface area contributed by atoms with Gasteiger partial charge in [-0.05, 0) is 44.1 Å². The SMILES string of the molecule is C[C@@H](Sc1nncs1)C(=O)N(C)C1CCC(c2ccccc2)CC1. The first kappa shape index (κ1) is 17.4. The molecule has 3 rings (SSSR count). The standard InChI is InChI=1S/C18H23N3OS2/c1-13(24-18-20-19-12-23-18)17(22)21(2)16-10-8-15(9-11-16)14-6-4-3-5-7-14/h3-7,12-13,15-16H,8-11H2,1-2H3/t13-,15?,16?/m1/s1. The van der Waals surface area contributed by atoms with Gasteiger partial charge < -0.3 is 4.90 Å². The van der Waals surface area contributed by atoms with Gasteiger partial charge in [0.25, 0.3) is 0 Å². The van der Waals surface area contributed by atoms with Crippen molar-refractivity contribution in [3.05, 3.63) is 41.4 Å². The molecule has 1 aliphatic carbocycles. The molecule has 6 heteroatoms. The second kappa shape index (κ2) is 8.12. The minimum atomic E-state index is -0.116. The van der Waals surface area contributed by atoms with Gasteiger partial charge in [0.2, 0.25) is 5.91 Å². The number of nitrogens with zero attached hydrogens (tertiary/aromatic N) is 3. The highest BCUT2D eigenvalue weighted by molar-refractivity contribution is 8.02. The van der Waals surface area contributed by atoms with Gasteiger partial charge in [-0.1, -0.05) is 53.4 Å². The summed E-state index contributed by atoms with van der Waals surface area (Å²) in [5, 5.41) is 7.73. The van der Waals surface area contributed by atoms with Gasteiger partial charge in [-0.25, -0.2) is 0 Å². The van der Waals surface area contributed by atoms with E-state index in [0.29, 0.717) is 12.0 Å². The summed E-state index contributed by atoms with van der Waals surface area (Å²) in [6.45, 7) is 1.96. The predicted octanol–water partition coefficient (Wildman–Crippen LogP) is 4.20. The molecule has 1 atom stereocenters. The number of rotatable bonds is 5. The average Bonchev–Trinajstić information content (AvgIpc) is 3.14. The summed E-state index contributed by atoms with van der Waals surface area (Å²) in [5.74, 6) is 0.831. The monoisotopic (exact) mass is 361 g/mol. The Bertz CT molecular complexity index is 640. The third kappa shape index (κ3) is 4.16. The van der Waals surface area contributed by atoms with E-state index in [1.807, 2.05) is 18.9 Å². The average molecular weight is 362 g/mol. The fourth-order valence-electron chi connectivity index (χ4n) is 3.40. The Labute approximate surface area is 151 Å². The summed E-state index contributed by atoms with van der Waals surface area (Å²) in [4.78, 5) is 14.6. The van der Waals surface area contributed by atoms with Crippen LogP contribution in [0.5, 0.6) is 0 Å². The lowest BCUT2D eigenvalue weighted by Gasteiger charge is -2.35. The zero-order valence-electron chi connectivity index (χ0n) is 14.1. The molecule has 0 unspecified atom stereocenters. The maximum absolute atomic E-state index is 12.7. The van der Waals surface area contributed by atoms with Crippen LogP contribution in [0.15, 0.2) is 40.2 Å².